The third-order valence-corrected chi connectivity index (χ3v) is 2.04. The van der Waals surface area contributed by atoms with Crippen LogP contribution in [-0.2, 0) is 11.2 Å². The predicted molar refractivity (Wildman–Crippen MR) is 61.9 cm³/mol. The van der Waals surface area contributed by atoms with Crippen LogP contribution in [0.1, 0.15) is 12.7 Å². The molecule has 0 saturated carbocycles. The van der Waals surface area contributed by atoms with E-state index >= 15 is 0 Å². The van der Waals surface area contributed by atoms with Gasteiger partial charge in [0.05, 0.1) is 13.0 Å². The van der Waals surface area contributed by atoms with E-state index in [0.717, 1.165) is 0 Å². The molecule has 8 nitrogen and oxygen atoms in total. The number of hydrogen-bond acceptors (Lipinski definition) is 6. The number of rotatable bonds is 5. The zero-order valence-electron chi connectivity index (χ0n) is 9.75. The second-order valence-corrected chi connectivity index (χ2v) is 3.34. The number of amides is 1. The lowest BCUT2D eigenvalue weighted by atomic mass is 10.3. The average Bonchev–Trinajstić information content (AvgIpc) is 2.84. The minimum absolute atomic E-state index is 0.0264. The van der Waals surface area contributed by atoms with E-state index in [-0.39, 0.29) is 12.3 Å². The summed E-state index contributed by atoms with van der Waals surface area (Å²) < 4.78 is 5.35. The van der Waals surface area contributed by atoms with Gasteiger partial charge in [-0.3, -0.25) is 4.79 Å². The van der Waals surface area contributed by atoms with Gasteiger partial charge in [0, 0.05) is 6.20 Å². The number of hydrogen-bond donors (Lipinski definition) is 2. The normalized spacial score (nSPS) is 10.1. The van der Waals surface area contributed by atoms with Gasteiger partial charge in [-0.05, 0) is 19.1 Å². The molecule has 0 radical (unpaired) electrons. The Morgan fingerprint density at radius 3 is 3.17 bits per heavy atom. The molecule has 0 aromatic carbocycles. The fourth-order valence-corrected chi connectivity index (χ4v) is 1.33. The smallest absolute Gasteiger partial charge is 0.233 e. The van der Waals surface area contributed by atoms with Crippen molar-refractivity contribution in [2.45, 2.75) is 13.3 Å². The number of pyridine rings is 1. The molecule has 0 spiro atoms. The van der Waals surface area contributed by atoms with Gasteiger partial charge < -0.3 is 10.1 Å². The largest absolute Gasteiger partial charge is 0.490 e. The van der Waals surface area contributed by atoms with Crippen molar-refractivity contribution in [3.63, 3.8) is 0 Å². The fourth-order valence-electron chi connectivity index (χ4n) is 1.33. The van der Waals surface area contributed by atoms with Crippen molar-refractivity contribution < 1.29 is 9.53 Å². The molecule has 2 N–H and O–H groups in total. The summed E-state index contributed by atoms with van der Waals surface area (Å²) in [6.45, 7) is 2.36. The number of aromatic nitrogens is 5. The van der Waals surface area contributed by atoms with Crippen LogP contribution in [0.5, 0.6) is 5.75 Å². The maximum atomic E-state index is 11.7. The SMILES string of the molecule is CCOc1cccnc1NC(=O)Cc1nn[nH]n1. The van der Waals surface area contributed by atoms with Gasteiger partial charge in [-0.2, -0.15) is 5.21 Å². The molecule has 94 valence electrons. The number of nitrogens with one attached hydrogen (secondary N) is 2. The van der Waals surface area contributed by atoms with Crippen molar-refractivity contribution >= 4 is 11.7 Å². The van der Waals surface area contributed by atoms with Gasteiger partial charge in [0.25, 0.3) is 0 Å². The highest BCUT2D eigenvalue weighted by Gasteiger charge is 2.11. The fraction of sp³-hybridized carbons (Fsp3) is 0.300. The average molecular weight is 248 g/mol. The monoisotopic (exact) mass is 248 g/mol. The number of aromatic amines is 1. The molecule has 0 saturated heterocycles. The van der Waals surface area contributed by atoms with E-state index in [0.29, 0.717) is 24.0 Å². The minimum Gasteiger partial charge on any atom is -0.490 e. The van der Waals surface area contributed by atoms with E-state index in [1.54, 1.807) is 18.3 Å². The Hall–Kier alpha value is -2.51. The first-order chi connectivity index (χ1) is 8.79. The van der Waals surface area contributed by atoms with Crippen molar-refractivity contribution in [1.82, 2.24) is 25.6 Å². The first-order valence-corrected chi connectivity index (χ1v) is 5.39. The summed E-state index contributed by atoms with van der Waals surface area (Å²) in [4.78, 5) is 15.8. The van der Waals surface area contributed by atoms with Crippen molar-refractivity contribution in [3.05, 3.63) is 24.2 Å². The van der Waals surface area contributed by atoms with Gasteiger partial charge in [-0.1, -0.05) is 5.21 Å². The minimum atomic E-state index is -0.281. The molecule has 0 aliphatic rings. The predicted octanol–water partition coefficient (Wildman–Crippen LogP) is 0.175. The molecule has 2 aromatic heterocycles. The van der Waals surface area contributed by atoms with Crippen molar-refractivity contribution in [2.75, 3.05) is 11.9 Å². The van der Waals surface area contributed by atoms with E-state index in [4.69, 9.17) is 4.74 Å². The molecule has 8 heteroatoms. The summed E-state index contributed by atoms with van der Waals surface area (Å²) in [6, 6.07) is 3.47. The van der Waals surface area contributed by atoms with Crippen LogP contribution in [0.4, 0.5) is 5.82 Å². The van der Waals surface area contributed by atoms with Crippen LogP contribution in [0, 0.1) is 0 Å². The number of anilines is 1. The Morgan fingerprint density at radius 1 is 1.56 bits per heavy atom. The molecule has 2 heterocycles. The Morgan fingerprint density at radius 2 is 2.44 bits per heavy atom. The van der Waals surface area contributed by atoms with E-state index in [1.165, 1.54) is 0 Å². The maximum absolute atomic E-state index is 11.7. The lowest BCUT2D eigenvalue weighted by Gasteiger charge is -2.09. The van der Waals surface area contributed by atoms with Crippen LogP contribution >= 0.6 is 0 Å². The standard InChI is InChI=1S/C10H12N6O2/c1-2-18-7-4-3-5-11-10(7)12-9(17)6-8-13-15-16-14-8/h3-5H,2,6H2,1H3,(H,11,12,17)(H,13,14,15,16). The second kappa shape index (κ2) is 5.71. The van der Waals surface area contributed by atoms with Crippen LogP contribution in [0.2, 0.25) is 0 Å². The van der Waals surface area contributed by atoms with E-state index in [9.17, 15) is 4.79 Å². The van der Waals surface area contributed by atoms with Gasteiger partial charge in [-0.15, -0.1) is 10.2 Å². The molecule has 0 unspecified atom stereocenters. The van der Waals surface area contributed by atoms with Gasteiger partial charge in [0.15, 0.2) is 17.4 Å². The molecular formula is C10H12N6O2. The van der Waals surface area contributed by atoms with Crippen LogP contribution in [-0.4, -0.2) is 38.1 Å². The Kier molecular flexibility index (Phi) is 3.79. The lowest BCUT2D eigenvalue weighted by molar-refractivity contribution is -0.115. The maximum Gasteiger partial charge on any atom is 0.233 e. The van der Waals surface area contributed by atoms with Gasteiger partial charge in [0.1, 0.15) is 0 Å². The number of nitrogens with zero attached hydrogens (tertiary/aromatic N) is 4. The summed E-state index contributed by atoms with van der Waals surface area (Å²) in [5.74, 6) is 0.951. The molecule has 0 aliphatic heterocycles. The topological polar surface area (TPSA) is 106 Å². The zero-order valence-corrected chi connectivity index (χ0v) is 9.75. The third-order valence-electron chi connectivity index (χ3n) is 2.04. The lowest BCUT2D eigenvalue weighted by Crippen LogP contribution is -2.17. The third kappa shape index (κ3) is 3.00. The number of carbonyl (C=O) groups is 1. The summed E-state index contributed by atoms with van der Waals surface area (Å²) in [5.41, 5.74) is 0. The number of ether oxygens (including phenoxy) is 1. The summed E-state index contributed by atoms with van der Waals surface area (Å²) in [5, 5.41) is 15.7. The van der Waals surface area contributed by atoms with Crippen LogP contribution in [0.25, 0.3) is 0 Å². The highest BCUT2D eigenvalue weighted by atomic mass is 16.5. The quantitative estimate of drug-likeness (QED) is 0.781. The van der Waals surface area contributed by atoms with E-state index in [2.05, 4.69) is 30.9 Å². The number of H-pyrrole nitrogens is 1. The first kappa shape index (κ1) is 12.0. The summed E-state index contributed by atoms with van der Waals surface area (Å²) >= 11 is 0. The Labute approximate surface area is 103 Å². The molecule has 0 bridgehead atoms. The zero-order chi connectivity index (χ0) is 12.8. The van der Waals surface area contributed by atoms with Gasteiger partial charge in [0.2, 0.25) is 5.91 Å². The summed E-state index contributed by atoms with van der Waals surface area (Å²) in [7, 11) is 0. The number of tetrazole rings is 1. The molecule has 0 fully saturated rings. The van der Waals surface area contributed by atoms with E-state index < -0.39 is 0 Å². The van der Waals surface area contributed by atoms with Crippen molar-refractivity contribution in [3.8, 4) is 5.75 Å². The molecule has 2 rings (SSSR count). The summed E-state index contributed by atoms with van der Waals surface area (Å²) in [6.07, 6.45) is 1.60. The Bertz CT molecular complexity index is 513. The van der Waals surface area contributed by atoms with Crippen LogP contribution < -0.4 is 10.1 Å². The van der Waals surface area contributed by atoms with Crippen molar-refractivity contribution in [1.29, 1.82) is 0 Å². The molecule has 1 amide bonds. The molecule has 18 heavy (non-hydrogen) atoms. The van der Waals surface area contributed by atoms with Crippen LogP contribution in [0.15, 0.2) is 18.3 Å². The van der Waals surface area contributed by atoms with Crippen molar-refractivity contribution in [2.24, 2.45) is 0 Å². The highest BCUT2D eigenvalue weighted by Crippen LogP contribution is 2.20. The molecule has 0 atom stereocenters. The second-order valence-electron chi connectivity index (χ2n) is 3.34. The molecular weight excluding hydrogens is 236 g/mol. The number of carbonyl (C=O) groups excluding carboxylic acids is 1. The molecule has 2 aromatic rings. The van der Waals surface area contributed by atoms with Gasteiger partial charge in [-0.25, -0.2) is 4.98 Å². The first-order valence-electron chi connectivity index (χ1n) is 5.39. The Balaban J connectivity index is 2.02. The van der Waals surface area contributed by atoms with Gasteiger partial charge >= 0.3 is 0 Å². The van der Waals surface area contributed by atoms with E-state index in [1.807, 2.05) is 6.92 Å². The van der Waals surface area contributed by atoms with Crippen LogP contribution in [0.3, 0.4) is 0 Å². The molecule has 0 aliphatic carbocycles. The highest BCUT2D eigenvalue weighted by molar-refractivity contribution is 5.92.